The number of benzene rings is 2. The minimum atomic E-state index is -1.34. The molecular formula is C25H38OSiSn. The van der Waals surface area contributed by atoms with Crippen molar-refractivity contribution in [3.8, 4) is 0 Å². The van der Waals surface area contributed by atoms with Crippen LogP contribution in [0.2, 0.25) is 14.8 Å². The third-order valence-electron chi connectivity index (χ3n) is 4.44. The van der Waals surface area contributed by atoms with E-state index in [1.807, 2.05) is 6.08 Å². The van der Waals surface area contributed by atoms with Gasteiger partial charge in [0.05, 0.1) is 6.10 Å². The summed E-state index contributed by atoms with van der Waals surface area (Å²) in [5.41, 5.74) is 7.94. The molecule has 0 spiro atoms. The summed E-state index contributed by atoms with van der Waals surface area (Å²) < 4.78 is 6.56. The van der Waals surface area contributed by atoms with Gasteiger partial charge in [-0.15, -0.1) is 6.58 Å². The molecule has 0 saturated heterocycles. The molecule has 0 amide bonds. The van der Waals surface area contributed by atoms with Crippen LogP contribution in [0.15, 0.2) is 36.9 Å². The molecule has 0 fully saturated rings. The van der Waals surface area contributed by atoms with Gasteiger partial charge in [-0.05, 0) is 81.1 Å². The van der Waals surface area contributed by atoms with E-state index in [4.69, 9.17) is 4.43 Å². The van der Waals surface area contributed by atoms with E-state index in [0.717, 1.165) is 0 Å². The summed E-state index contributed by atoms with van der Waals surface area (Å²) in [6.45, 7) is 19.1. The molecule has 0 bridgehead atoms. The Hall–Kier alpha value is -0.844. The van der Waals surface area contributed by atoms with Crippen LogP contribution in [-0.4, -0.2) is 34.9 Å². The van der Waals surface area contributed by atoms with E-state index in [0.29, 0.717) is 0 Å². The predicted molar refractivity (Wildman–Crippen MR) is 130 cm³/mol. The van der Waals surface area contributed by atoms with Crippen molar-refractivity contribution >= 4 is 39.2 Å². The fourth-order valence-corrected chi connectivity index (χ4v) is 6.23. The van der Waals surface area contributed by atoms with Gasteiger partial charge in [-0.2, -0.15) is 0 Å². The molecule has 0 N–H and O–H groups in total. The summed E-state index contributed by atoms with van der Waals surface area (Å²) in [7, 11) is -1.34. The molecule has 0 aliphatic heterocycles. The van der Waals surface area contributed by atoms with Crippen LogP contribution in [-0.2, 0) is 4.43 Å². The fourth-order valence-electron chi connectivity index (χ4n) is 3.55. The molecule has 0 aromatic heterocycles. The number of rotatable bonds is 5. The van der Waals surface area contributed by atoms with Crippen LogP contribution >= 0.6 is 0 Å². The molecule has 0 aliphatic rings. The van der Waals surface area contributed by atoms with E-state index in [-0.39, 0.29) is 6.10 Å². The van der Waals surface area contributed by atoms with Crippen molar-refractivity contribution in [3.05, 3.63) is 70.3 Å². The quantitative estimate of drug-likeness (QED) is 0.383. The first-order chi connectivity index (χ1) is 13.0. The van der Waals surface area contributed by atoms with Crippen LogP contribution in [0.1, 0.15) is 40.3 Å². The molecule has 1 unspecified atom stereocenters. The molecule has 1 atom stereocenters. The second kappa shape index (κ2) is 11.4. The monoisotopic (exact) mass is 502 g/mol. The van der Waals surface area contributed by atoms with Crippen molar-refractivity contribution in [3.63, 3.8) is 0 Å². The van der Waals surface area contributed by atoms with Gasteiger partial charge >= 0.3 is 34.6 Å². The Morgan fingerprint density at radius 2 is 1.07 bits per heavy atom. The van der Waals surface area contributed by atoms with Crippen molar-refractivity contribution < 1.29 is 4.43 Å². The molecular weight excluding hydrogens is 463 g/mol. The number of hydrogen-bond donors (Lipinski definition) is 0. The van der Waals surface area contributed by atoms with E-state index < -0.39 is 28.8 Å². The molecule has 2 rings (SSSR count). The predicted octanol–water partition coefficient (Wildman–Crippen LogP) is 5.60. The molecule has 2 aromatic rings. The Labute approximate surface area is 182 Å². The van der Waals surface area contributed by atoms with E-state index in [9.17, 15) is 0 Å². The van der Waals surface area contributed by atoms with Crippen LogP contribution in [0.5, 0.6) is 0 Å². The SMILES string of the molecule is C=CC(C)O[Si](c1c(C)cc(C)cc1C)c1c(C)cc(C)cc1C.[CH3][Sn]([CH3])[CH3]. The average molecular weight is 501 g/mol. The Morgan fingerprint density at radius 1 is 0.786 bits per heavy atom. The van der Waals surface area contributed by atoms with Crippen LogP contribution in [0, 0.1) is 41.5 Å². The molecule has 0 saturated carbocycles. The molecule has 2 aromatic carbocycles. The zero-order valence-electron chi connectivity index (χ0n) is 19.6. The van der Waals surface area contributed by atoms with E-state index in [1.54, 1.807) is 0 Å². The van der Waals surface area contributed by atoms with Gasteiger partial charge in [-0.1, -0.05) is 41.5 Å². The van der Waals surface area contributed by atoms with Crippen molar-refractivity contribution in [1.29, 1.82) is 0 Å². The van der Waals surface area contributed by atoms with Gasteiger partial charge in [0, 0.05) is 0 Å². The first-order valence-corrected chi connectivity index (χ1v) is 20.0. The molecule has 28 heavy (non-hydrogen) atoms. The Morgan fingerprint density at radius 3 is 1.32 bits per heavy atom. The molecule has 152 valence electrons. The number of hydrogen-bond acceptors (Lipinski definition) is 1. The van der Waals surface area contributed by atoms with Crippen molar-refractivity contribution in [2.45, 2.75) is 69.4 Å². The van der Waals surface area contributed by atoms with Gasteiger partial charge in [0.1, 0.15) is 0 Å². The Kier molecular flexibility index (Phi) is 10.2. The third-order valence-corrected chi connectivity index (χ3v) is 7.54. The van der Waals surface area contributed by atoms with Gasteiger partial charge in [0.2, 0.25) is 0 Å². The average Bonchev–Trinajstić information content (AvgIpc) is 2.51. The van der Waals surface area contributed by atoms with Gasteiger partial charge in [0.15, 0.2) is 0 Å². The van der Waals surface area contributed by atoms with E-state index in [1.165, 1.54) is 43.8 Å². The van der Waals surface area contributed by atoms with Crippen LogP contribution < -0.4 is 10.4 Å². The summed E-state index contributed by atoms with van der Waals surface area (Å²) >= 11 is -0.543. The molecule has 0 aliphatic carbocycles. The Bertz CT molecular complexity index is 704. The van der Waals surface area contributed by atoms with E-state index in [2.05, 4.69) is 94.1 Å². The van der Waals surface area contributed by atoms with Crippen LogP contribution in [0.3, 0.4) is 0 Å². The minimum absolute atomic E-state index is 0.0408. The van der Waals surface area contributed by atoms with Gasteiger partial charge < -0.3 is 4.43 Å². The normalized spacial score (nSPS) is 12.0. The standard InChI is InChI=1S/C22H29OSi.3CH3.Sn/c1-9-20(8)23-24(21-16(4)10-14(2)11-17(21)5)22-18(6)12-15(3)13-19(22)7;;;;/h9-13,20H,1H2,2-8H3;3*1H3;. The zero-order chi connectivity index (χ0) is 21.6. The zero-order valence-corrected chi connectivity index (χ0v) is 23.4. The summed E-state index contributed by atoms with van der Waals surface area (Å²) in [6.07, 6.45) is 1.93. The Balaban J connectivity index is 0.000000892. The summed E-state index contributed by atoms with van der Waals surface area (Å²) in [5, 5.41) is 2.77. The van der Waals surface area contributed by atoms with Crippen LogP contribution in [0.25, 0.3) is 0 Å². The molecule has 3 heteroatoms. The molecule has 1 nitrogen and oxygen atoms in total. The first kappa shape index (κ1) is 25.2. The maximum absolute atomic E-state index is 6.56. The first-order valence-electron chi connectivity index (χ1n) is 10.1. The topological polar surface area (TPSA) is 9.23 Å². The second-order valence-electron chi connectivity index (χ2n) is 8.44. The van der Waals surface area contributed by atoms with Gasteiger partial charge in [-0.3, -0.25) is 0 Å². The van der Waals surface area contributed by atoms with Gasteiger partial charge in [0.25, 0.3) is 9.04 Å². The summed E-state index contributed by atoms with van der Waals surface area (Å²) in [5.74, 6) is 0. The molecule has 2 radical (unpaired) electrons. The third kappa shape index (κ3) is 7.20. The van der Waals surface area contributed by atoms with Crippen molar-refractivity contribution in [2.75, 3.05) is 0 Å². The van der Waals surface area contributed by atoms with E-state index >= 15 is 0 Å². The summed E-state index contributed by atoms with van der Waals surface area (Å²) in [6, 6.07) is 9.09. The van der Waals surface area contributed by atoms with Crippen LogP contribution in [0.4, 0.5) is 0 Å². The number of aryl methyl sites for hydroxylation is 6. The summed E-state index contributed by atoms with van der Waals surface area (Å²) in [4.78, 5) is 7.09. The van der Waals surface area contributed by atoms with Crippen molar-refractivity contribution in [1.82, 2.24) is 0 Å². The van der Waals surface area contributed by atoms with Crippen molar-refractivity contribution in [2.24, 2.45) is 0 Å². The fraction of sp³-hybridized carbons (Fsp3) is 0.440. The second-order valence-corrected chi connectivity index (χ2v) is 18.9. The maximum atomic E-state index is 6.56. The van der Waals surface area contributed by atoms with Gasteiger partial charge in [-0.25, -0.2) is 0 Å². The molecule has 0 heterocycles.